The molecule has 2 aromatic rings. The highest BCUT2D eigenvalue weighted by Crippen LogP contribution is 2.34. The number of piperazine rings is 1. The summed E-state index contributed by atoms with van der Waals surface area (Å²) in [5.41, 5.74) is 0.962. The SMILES string of the molecule is CC(C)CC(NC(=O)c1cc2ccc(N3CCN(C)CC3)cc2o1)C(=O)NC1(C#N)CC1. The van der Waals surface area contributed by atoms with Gasteiger partial charge in [0, 0.05) is 43.3 Å². The number of nitrogens with zero attached hydrogens (tertiary/aromatic N) is 3. The molecule has 1 aliphatic carbocycles. The molecule has 2 heterocycles. The summed E-state index contributed by atoms with van der Waals surface area (Å²) >= 11 is 0. The van der Waals surface area contributed by atoms with Gasteiger partial charge in [-0.25, -0.2) is 0 Å². The second-order valence-corrected chi connectivity index (χ2v) is 9.46. The van der Waals surface area contributed by atoms with Gasteiger partial charge in [-0.3, -0.25) is 9.59 Å². The smallest absolute Gasteiger partial charge is 0.287 e. The third-order valence-corrected chi connectivity index (χ3v) is 6.25. The van der Waals surface area contributed by atoms with Crippen molar-refractivity contribution in [1.29, 1.82) is 5.26 Å². The molecule has 2 aliphatic rings. The average molecular weight is 438 g/mol. The third kappa shape index (κ3) is 4.89. The predicted octanol–water partition coefficient (Wildman–Crippen LogP) is 2.50. The molecule has 4 rings (SSSR count). The lowest BCUT2D eigenvalue weighted by Crippen LogP contribution is -2.50. The van der Waals surface area contributed by atoms with Gasteiger partial charge in [0.25, 0.3) is 5.91 Å². The molecule has 0 spiro atoms. The van der Waals surface area contributed by atoms with Gasteiger partial charge in [0.05, 0.1) is 6.07 Å². The maximum atomic E-state index is 12.9. The maximum absolute atomic E-state index is 12.9. The number of likely N-dealkylation sites (N-methyl/N-ethyl adjacent to an activating group) is 1. The van der Waals surface area contributed by atoms with Crippen LogP contribution in [0, 0.1) is 17.2 Å². The van der Waals surface area contributed by atoms with E-state index in [2.05, 4.69) is 39.6 Å². The Kier molecular flexibility index (Phi) is 6.11. The van der Waals surface area contributed by atoms with Gasteiger partial charge in [0.1, 0.15) is 17.2 Å². The zero-order valence-electron chi connectivity index (χ0n) is 19.0. The Balaban J connectivity index is 1.47. The van der Waals surface area contributed by atoms with Crippen molar-refractivity contribution in [3.63, 3.8) is 0 Å². The molecule has 8 nitrogen and oxygen atoms in total. The standard InChI is InChI=1S/C24H31N5O3/c1-16(2)12-19(22(30)27-24(15-25)6-7-24)26-23(31)21-13-17-4-5-18(14-20(17)32-21)29-10-8-28(3)9-11-29/h4-5,13-14,16,19H,6-12H2,1-3H3,(H,26,31)(H,27,30). The van der Waals surface area contributed by atoms with Crippen LogP contribution in [-0.4, -0.2) is 61.5 Å². The first-order chi connectivity index (χ1) is 15.3. The van der Waals surface area contributed by atoms with E-state index >= 15 is 0 Å². The number of furan rings is 1. The van der Waals surface area contributed by atoms with Crippen molar-refractivity contribution >= 4 is 28.5 Å². The maximum Gasteiger partial charge on any atom is 0.287 e. The molecule has 32 heavy (non-hydrogen) atoms. The number of amides is 2. The number of hydrogen-bond acceptors (Lipinski definition) is 6. The molecule has 1 saturated heterocycles. The highest BCUT2D eigenvalue weighted by Gasteiger charge is 2.45. The van der Waals surface area contributed by atoms with Crippen molar-refractivity contribution < 1.29 is 14.0 Å². The number of nitriles is 1. The van der Waals surface area contributed by atoms with Gasteiger partial charge < -0.3 is 24.9 Å². The summed E-state index contributed by atoms with van der Waals surface area (Å²) in [4.78, 5) is 30.3. The normalized spacial score (nSPS) is 18.9. The van der Waals surface area contributed by atoms with Gasteiger partial charge in [0.2, 0.25) is 5.91 Å². The molecule has 1 saturated carbocycles. The van der Waals surface area contributed by atoms with E-state index in [1.165, 1.54) is 0 Å². The van der Waals surface area contributed by atoms with Crippen LogP contribution >= 0.6 is 0 Å². The van der Waals surface area contributed by atoms with Crippen LogP contribution in [-0.2, 0) is 4.79 Å². The van der Waals surface area contributed by atoms with E-state index in [9.17, 15) is 14.9 Å². The van der Waals surface area contributed by atoms with E-state index < -0.39 is 17.5 Å². The lowest BCUT2D eigenvalue weighted by atomic mass is 10.0. The summed E-state index contributed by atoms with van der Waals surface area (Å²) in [6.45, 7) is 7.90. The summed E-state index contributed by atoms with van der Waals surface area (Å²) in [6, 6.07) is 9.14. The molecule has 1 aromatic carbocycles. The molecular weight excluding hydrogens is 406 g/mol. The Morgan fingerprint density at radius 3 is 2.53 bits per heavy atom. The molecule has 1 aromatic heterocycles. The number of benzene rings is 1. The zero-order valence-corrected chi connectivity index (χ0v) is 19.0. The molecule has 0 bridgehead atoms. The second kappa shape index (κ2) is 8.83. The quantitative estimate of drug-likeness (QED) is 0.690. The van der Waals surface area contributed by atoms with Crippen LogP contribution in [0.2, 0.25) is 0 Å². The number of anilines is 1. The van der Waals surface area contributed by atoms with Crippen LogP contribution in [0.3, 0.4) is 0 Å². The van der Waals surface area contributed by atoms with Gasteiger partial charge in [-0.15, -0.1) is 0 Å². The molecule has 0 radical (unpaired) electrons. The van der Waals surface area contributed by atoms with Gasteiger partial charge >= 0.3 is 0 Å². The molecule has 1 aliphatic heterocycles. The fraction of sp³-hybridized carbons (Fsp3) is 0.542. The monoisotopic (exact) mass is 437 g/mol. The van der Waals surface area contributed by atoms with Crippen molar-refractivity contribution in [2.75, 3.05) is 38.1 Å². The molecule has 8 heteroatoms. The Morgan fingerprint density at radius 2 is 1.91 bits per heavy atom. The first-order valence-corrected chi connectivity index (χ1v) is 11.3. The fourth-order valence-corrected chi connectivity index (χ4v) is 4.04. The van der Waals surface area contributed by atoms with Gasteiger partial charge in [0.15, 0.2) is 5.76 Å². The summed E-state index contributed by atoms with van der Waals surface area (Å²) in [5, 5.41) is 15.7. The van der Waals surface area contributed by atoms with E-state index in [1.54, 1.807) is 6.07 Å². The number of carbonyl (C=O) groups excluding carboxylic acids is 2. The molecular formula is C24H31N5O3. The van der Waals surface area contributed by atoms with Crippen molar-refractivity contribution in [1.82, 2.24) is 15.5 Å². The summed E-state index contributed by atoms with van der Waals surface area (Å²) in [5.74, 6) is -0.367. The summed E-state index contributed by atoms with van der Waals surface area (Å²) < 4.78 is 5.87. The first kappa shape index (κ1) is 22.2. The molecule has 2 fully saturated rings. The molecule has 1 unspecified atom stereocenters. The minimum Gasteiger partial charge on any atom is -0.451 e. The van der Waals surface area contributed by atoms with Crippen LogP contribution in [0.15, 0.2) is 28.7 Å². The summed E-state index contributed by atoms with van der Waals surface area (Å²) in [6.07, 6.45) is 1.78. The minimum atomic E-state index is -0.768. The van der Waals surface area contributed by atoms with E-state index in [-0.39, 0.29) is 17.6 Å². The Morgan fingerprint density at radius 1 is 1.19 bits per heavy atom. The molecule has 1 atom stereocenters. The third-order valence-electron chi connectivity index (χ3n) is 6.25. The Hall–Kier alpha value is -3.05. The van der Waals surface area contributed by atoms with Crippen LogP contribution in [0.5, 0.6) is 0 Å². The van der Waals surface area contributed by atoms with Crippen LogP contribution in [0.4, 0.5) is 5.69 Å². The number of rotatable bonds is 7. The van der Waals surface area contributed by atoms with Crippen molar-refractivity contribution in [3.05, 3.63) is 30.0 Å². The number of nitrogens with one attached hydrogen (secondary N) is 2. The van der Waals surface area contributed by atoms with Crippen molar-refractivity contribution in [2.24, 2.45) is 5.92 Å². The number of fused-ring (bicyclic) bond motifs is 1. The zero-order chi connectivity index (χ0) is 22.9. The van der Waals surface area contributed by atoms with Crippen molar-refractivity contribution in [2.45, 2.75) is 44.7 Å². The molecule has 170 valence electrons. The van der Waals surface area contributed by atoms with E-state index in [0.717, 1.165) is 37.3 Å². The average Bonchev–Trinajstić information content (AvgIpc) is 3.40. The first-order valence-electron chi connectivity index (χ1n) is 11.3. The van der Waals surface area contributed by atoms with E-state index in [4.69, 9.17) is 4.42 Å². The fourth-order valence-electron chi connectivity index (χ4n) is 4.04. The molecule has 2 amide bonds. The van der Waals surface area contributed by atoms with Gasteiger partial charge in [-0.1, -0.05) is 13.8 Å². The molecule has 2 N–H and O–H groups in total. The van der Waals surface area contributed by atoms with Gasteiger partial charge in [-0.05, 0) is 50.4 Å². The van der Waals surface area contributed by atoms with E-state index in [1.807, 2.05) is 26.0 Å². The Bertz CT molecular complexity index is 1040. The highest BCUT2D eigenvalue weighted by molar-refractivity contribution is 5.99. The number of carbonyl (C=O) groups is 2. The largest absolute Gasteiger partial charge is 0.451 e. The lowest BCUT2D eigenvalue weighted by Gasteiger charge is -2.33. The second-order valence-electron chi connectivity index (χ2n) is 9.46. The van der Waals surface area contributed by atoms with Crippen LogP contribution in [0.25, 0.3) is 11.0 Å². The predicted molar refractivity (Wildman–Crippen MR) is 122 cm³/mol. The van der Waals surface area contributed by atoms with E-state index in [0.29, 0.717) is 24.8 Å². The van der Waals surface area contributed by atoms with Crippen LogP contribution < -0.4 is 15.5 Å². The lowest BCUT2D eigenvalue weighted by molar-refractivity contribution is -0.123. The van der Waals surface area contributed by atoms with Crippen molar-refractivity contribution in [3.8, 4) is 6.07 Å². The summed E-state index contributed by atoms with van der Waals surface area (Å²) in [7, 11) is 2.12. The van der Waals surface area contributed by atoms with Crippen LogP contribution in [0.1, 0.15) is 43.7 Å². The number of hydrogen-bond donors (Lipinski definition) is 2. The topological polar surface area (TPSA) is 102 Å². The van der Waals surface area contributed by atoms with Gasteiger partial charge in [-0.2, -0.15) is 5.26 Å². The Labute approximate surface area is 188 Å². The minimum absolute atomic E-state index is 0.179. The highest BCUT2D eigenvalue weighted by atomic mass is 16.3.